The molecule has 0 aliphatic rings. The van der Waals surface area contributed by atoms with Crippen molar-refractivity contribution >= 4 is 0 Å². The van der Waals surface area contributed by atoms with Crippen LogP contribution in [0.25, 0.3) is 0 Å². The third-order valence-electron chi connectivity index (χ3n) is 2.55. The van der Waals surface area contributed by atoms with Gasteiger partial charge < -0.3 is 14.9 Å². The molecule has 0 bridgehead atoms. The van der Waals surface area contributed by atoms with Crippen molar-refractivity contribution in [2.24, 2.45) is 5.92 Å². The molecule has 0 amide bonds. The molecule has 2 atom stereocenters. The summed E-state index contributed by atoms with van der Waals surface area (Å²) in [5, 5.41) is 18.9. The van der Waals surface area contributed by atoms with Gasteiger partial charge in [-0.3, -0.25) is 0 Å². The average Bonchev–Trinajstić information content (AvgIpc) is 2.24. The minimum absolute atomic E-state index is 0.0124. The van der Waals surface area contributed by atoms with Gasteiger partial charge in [-0.05, 0) is 34.1 Å². The Balaban J connectivity index is 4.70. The van der Waals surface area contributed by atoms with Gasteiger partial charge in [0, 0.05) is 12.5 Å². The van der Waals surface area contributed by atoms with Gasteiger partial charge in [0.05, 0.1) is 6.10 Å². The zero-order valence-electron chi connectivity index (χ0n) is 11.6. The predicted octanol–water partition coefficient (Wildman–Crippen LogP) is 2.64. The lowest BCUT2D eigenvalue weighted by atomic mass is 9.97. The third-order valence-corrected chi connectivity index (χ3v) is 2.55. The van der Waals surface area contributed by atoms with Crippen LogP contribution in [0.2, 0.25) is 0 Å². The molecule has 2 unspecified atom stereocenters. The quantitative estimate of drug-likeness (QED) is 0.533. The second kappa shape index (κ2) is 7.64. The summed E-state index contributed by atoms with van der Waals surface area (Å²) in [6, 6.07) is 0. The highest BCUT2D eigenvalue weighted by molar-refractivity contribution is 5.18. The molecule has 2 N–H and O–H groups in total. The van der Waals surface area contributed by atoms with Crippen LogP contribution in [0.1, 0.15) is 41.0 Å². The zero-order valence-corrected chi connectivity index (χ0v) is 11.6. The van der Waals surface area contributed by atoms with Crippen molar-refractivity contribution in [3.63, 3.8) is 0 Å². The molecule has 0 aromatic rings. The first-order chi connectivity index (χ1) is 7.84. The first kappa shape index (κ1) is 16.4. The number of rotatable bonds is 7. The van der Waals surface area contributed by atoms with E-state index < -0.39 is 5.79 Å². The summed E-state index contributed by atoms with van der Waals surface area (Å²) in [4.78, 5) is 0. The van der Waals surface area contributed by atoms with Crippen molar-refractivity contribution in [3.8, 4) is 0 Å². The standard InChI is InChI=1S/C14H26O3/c1-6-8-12(7-2)9-13(11(3)10-15)17-14(4,5)16/h6-8,11,13,15-16H,9-10H2,1-5H3. The van der Waals surface area contributed by atoms with Gasteiger partial charge in [0.1, 0.15) is 0 Å². The number of hydrogen-bond donors (Lipinski definition) is 2. The molecule has 0 saturated heterocycles. The molecule has 0 heterocycles. The molecule has 0 saturated carbocycles. The van der Waals surface area contributed by atoms with Crippen LogP contribution in [0.3, 0.4) is 0 Å². The smallest absolute Gasteiger partial charge is 0.160 e. The summed E-state index contributed by atoms with van der Waals surface area (Å²) in [5.74, 6) is -1.19. The Hall–Kier alpha value is -0.640. The maximum atomic E-state index is 9.71. The molecule has 0 aromatic heterocycles. The maximum absolute atomic E-state index is 9.71. The van der Waals surface area contributed by atoms with E-state index in [1.165, 1.54) is 0 Å². The summed E-state index contributed by atoms with van der Waals surface area (Å²) in [5.41, 5.74) is 1.14. The van der Waals surface area contributed by atoms with E-state index in [9.17, 15) is 10.2 Å². The van der Waals surface area contributed by atoms with Crippen molar-refractivity contribution < 1.29 is 14.9 Å². The summed E-state index contributed by atoms with van der Waals surface area (Å²) in [6.45, 7) is 9.11. The minimum atomic E-state index is -1.18. The molecule has 0 radical (unpaired) electrons. The molecule has 0 spiro atoms. The van der Waals surface area contributed by atoms with E-state index >= 15 is 0 Å². The summed E-state index contributed by atoms with van der Waals surface area (Å²) < 4.78 is 5.59. The van der Waals surface area contributed by atoms with Crippen molar-refractivity contribution in [3.05, 3.63) is 23.8 Å². The van der Waals surface area contributed by atoms with Gasteiger partial charge in [-0.2, -0.15) is 0 Å². The van der Waals surface area contributed by atoms with Crippen LogP contribution in [0.4, 0.5) is 0 Å². The van der Waals surface area contributed by atoms with Crippen LogP contribution in [-0.2, 0) is 4.74 Å². The molecule has 0 aromatic carbocycles. The minimum Gasteiger partial charge on any atom is -0.396 e. The topological polar surface area (TPSA) is 49.7 Å². The number of allylic oxidation sites excluding steroid dienone is 3. The Labute approximate surface area is 105 Å². The second-order valence-corrected chi connectivity index (χ2v) is 4.83. The number of hydrogen-bond acceptors (Lipinski definition) is 3. The van der Waals surface area contributed by atoms with Crippen molar-refractivity contribution in [2.75, 3.05) is 6.61 Å². The van der Waals surface area contributed by atoms with Gasteiger partial charge in [0.2, 0.25) is 0 Å². The molecule has 0 fully saturated rings. The fourth-order valence-electron chi connectivity index (χ4n) is 1.58. The number of aliphatic hydroxyl groups is 2. The van der Waals surface area contributed by atoms with Gasteiger partial charge in [-0.25, -0.2) is 0 Å². The van der Waals surface area contributed by atoms with Gasteiger partial charge in [0.25, 0.3) is 0 Å². The van der Waals surface area contributed by atoms with Crippen LogP contribution in [0.5, 0.6) is 0 Å². The fraction of sp³-hybridized carbons (Fsp3) is 0.714. The molecule has 3 nitrogen and oxygen atoms in total. The number of ether oxygens (including phenoxy) is 1. The highest BCUT2D eigenvalue weighted by atomic mass is 16.6. The molecule has 0 aliphatic heterocycles. The third kappa shape index (κ3) is 7.31. The van der Waals surface area contributed by atoms with Gasteiger partial charge >= 0.3 is 0 Å². The highest BCUT2D eigenvalue weighted by Crippen LogP contribution is 2.22. The second-order valence-electron chi connectivity index (χ2n) is 4.83. The van der Waals surface area contributed by atoms with Crippen LogP contribution >= 0.6 is 0 Å². The van der Waals surface area contributed by atoms with Gasteiger partial charge in [0.15, 0.2) is 5.79 Å². The first-order valence-electron chi connectivity index (χ1n) is 6.13. The van der Waals surface area contributed by atoms with Crippen LogP contribution < -0.4 is 0 Å². The summed E-state index contributed by atoms with van der Waals surface area (Å²) in [6.07, 6.45) is 6.50. The normalized spacial score (nSPS) is 17.5. The molecular weight excluding hydrogens is 216 g/mol. The Kier molecular flexibility index (Phi) is 7.35. The lowest BCUT2D eigenvalue weighted by Gasteiger charge is -2.30. The lowest BCUT2D eigenvalue weighted by molar-refractivity contribution is -0.217. The van der Waals surface area contributed by atoms with E-state index in [1.54, 1.807) is 13.8 Å². The van der Waals surface area contributed by atoms with E-state index in [0.717, 1.165) is 5.57 Å². The fourth-order valence-corrected chi connectivity index (χ4v) is 1.58. The van der Waals surface area contributed by atoms with Crippen LogP contribution in [0.15, 0.2) is 23.8 Å². The van der Waals surface area contributed by atoms with E-state index in [-0.39, 0.29) is 18.6 Å². The van der Waals surface area contributed by atoms with E-state index in [2.05, 4.69) is 0 Å². The Morgan fingerprint density at radius 2 is 1.94 bits per heavy atom. The van der Waals surface area contributed by atoms with Crippen molar-refractivity contribution in [2.45, 2.75) is 52.9 Å². The lowest BCUT2D eigenvalue weighted by Crippen LogP contribution is -2.35. The Morgan fingerprint density at radius 1 is 1.35 bits per heavy atom. The van der Waals surface area contributed by atoms with E-state index in [4.69, 9.17) is 4.74 Å². The van der Waals surface area contributed by atoms with Crippen molar-refractivity contribution in [1.29, 1.82) is 0 Å². The molecule has 3 heteroatoms. The summed E-state index contributed by atoms with van der Waals surface area (Å²) in [7, 11) is 0. The monoisotopic (exact) mass is 242 g/mol. The van der Waals surface area contributed by atoms with E-state index in [0.29, 0.717) is 6.42 Å². The predicted molar refractivity (Wildman–Crippen MR) is 70.6 cm³/mol. The van der Waals surface area contributed by atoms with Crippen LogP contribution in [0, 0.1) is 5.92 Å². The van der Waals surface area contributed by atoms with Crippen LogP contribution in [-0.4, -0.2) is 28.7 Å². The SMILES string of the molecule is CC=CC(=CC)CC(OC(C)(C)O)C(C)CO. The molecule has 0 rings (SSSR count). The Morgan fingerprint density at radius 3 is 2.29 bits per heavy atom. The highest BCUT2D eigenvalue weighted by Gasteiger charge is 2.25. The van der Waals surface area contributed by atoms with E-state index in [1.807, 2.05) is 39.0 Å². The maximum Gasteiger partial charge on any atom is 0.160 e. The zero-order chi connectivity index (χ0) is 13.5. The van der Waals surface area contributed by atoms with Gasteiger partial charge in [-0.1, -0.05) is 30.7 Å². The molecular formula is C14H26O3. The average molecular weight is 242 g/mol. The summed E-state index contributed by atoms with van der Waals surface area (Å²) >= 11 is 0. The largest absolute Gasteiger partial charge is 0.396 e. The first-order valence-corrected chi connectivity index (χ1v) is 6.13. The molecule has 0 aliphatic carbocycles. The van der Waals surface area contributed by atoms with Gasteiger partial charge in [-0.15, -0.1) is 0 Å². The molecule has 17 heavy (non-hydrogen) atoms. The number of aliphatic hydroxyl groups excluding tert-OH is 1. The molecule has 100 valence electrons. The Bertz CT molecular complexity index is 261. The van der Waals surface area contributed by atoms with Crippen molar-refractivity contribution in [1.82, 2.24) is 0 Å².